The molecule has 24 heavy (non-hydrogen) atoms. The lowest BCUT2D eigenvalue weighted by atomic mass is 10.1. The molecule has 1 aliphatic heterocycles. The quantitative estimate of drug-likeness (QED) is 0.879. The summed E-state index contributed by atoms with van der Waals surface area (Å²) >= 11 is 5.64. The zero-order chi connectivity index (χ0) is 17.3. The highest BCUT2D eigenvalue weighted by Crippen LogP contribution is 2.30. The van der Waals surface area contributed by atoms with Gasteiger partial charge in [-0.05, 0) is 50.4 Å². The Kier molecular flexibility index (Phi) is 5.13. The molecule has 0 spiro atoms. The summed E-state index contributed by atoms with van der Waals surface area (Å²) in [5.74, 6) is -1.55. The van der Waals surface area contributed by atoms with E-state index in [0.717, 1.165) is 50.8 Å². The molecule has 1 aromatic carbocycles. The molecule has 0 unspecified atom stereocenters. The Morgan fingerprint density at radius 1 is 1.21 bits per heavy atom. The summed E-state index contributed by atoms with van der Waals surface area (Å²) in [6.07, 6.45) is 5.86. The zero-order valence-electron chi connectivity index (χ0n) is 13.2. The molecule has 8 heteroatoms. The molecule has 1 atom stereocenters. The fourth-order valence-electron chi connectivity index (χ4n) is 3.69. The Labute approximate surface area is 146 Å². The largest absolute Gasteiger partial charge is 0.289 e. The van der Waals surface area contributed by atoms with Crippen molar-refractivity contribution in [2.75, 3.05) is 6.54 Å². The molecule has 0 radical (unpaired) electrons. The van der Waals surface area contributed by atoms with Crippen LogP contribution >= 0.6 is 11.6 Å². The second-order valence-corrected chi connectivity index (χ2v) is 8.47. The van der Waals surface area contributed by atoms with Crippen molar-refractivity contribution in [3.8, 4) is 0 Å². The monoisotopic (exact) mass is 374 g/mol. The molecular weight excluding hydrogens is 355 g/mol. The first-order valence-electron chi connectivity index (χ1n) is 8.16. The molecule has 0 aromatic heterocycles. The Morgan fingerprint density at radius 3 is 2.58 bits per heavy atom. The minimum atomic E-state index is -4.25. The number of halogens is 2. The van der Waals surface area contributed by atoms with E-state index < -0.39 is 32.7 Å². The number of nitrogens with zero attached hydrogens (tertiary/aromatic N) is 1. The van der Waals surface area contributed by atoms with Crippen LogP contribution in [0.5, 0.6) is 0 Å². The van der Waals surface area contributed by atoms with Gasteiger partial charge in [-0.15, -0.1) is 0 Å². The Hall–Kier alpha value is -1.18. The van der Waals surface area contributed by atoms with E-state index in [0.29, 0.717) is 12.5 Å². The van der Waals surface area contributed by atoms with Gasteiger partial charge in [0.05, 0.1) is 6.04 Å². The number of rotatable bonds is 4. The average Bonchev–Trinajstić information content (AvgIpc) is 3.17. The maximum absolute atomic E-state index is 13.9. The van der Waals surface area contributed by atoms with Crippen LogP contribution in [0, 0.1) is 5.82 Å². The van der Waals surface area contributed by atoms with Crippen LogP contribution in [-0.2, 0) is 14.8 Å². The van der Waals surface area contributed by atoms with Crippen LogP contribution in [-0.4, -0.2) is 37.9 Å². The van der Waals surface area contributed by atoms with Gasteiger partial charge in [0.1, 0.15) is 10.7 Å². The second-order valence-electron chi connectivity index (χ2n) is 6.38. The number of sulfonamides is 1. The molecule has 1 N–H and O–H groups in total. The van der Waals surface area contributed by atoms with Gasteiger partial charge in [-0.3, -0.25) is 9.69 Å². The summed E-state index contributed by atoms with van der Waals surface area (Å²) in [7, 11) is -4.25. The molecule has 1 aliphatic carbocycles. The van der Waals surface area contributed by atoms with Gasteiger partial charge < -0.3 is 0 Å². The van der Waals surface area contributed by atoms with E-state index in [4.69, 9.17) is 11.6 Å². The summed E-state index contributed by atoms with van der Waals surface area (Å²) in [5.41, 5.74) is 0. The van der Waals surface area contributed by atoms with Crippen molar-refractivity contribution in [3.63, 3.8) is 0 Å². The molecule has 5 nitrogen and oxygen atoms in total. The minimum Gasteiger partial charge on any atom is -0.289 e. The van der Waals surface area contributed by atoms with Crippen LogP contribution in [0.3, 0.4) is 0 Å². The Bertz CT molecular complexity index is 735. The van der Waals surface area contributed by atoms with Gasteiger partial charge in [0.15, 0.2) is 0 Å². The van der Waals surface area contributed by atoms with Crippen molar-refractivity contribution >= 4 is 27.5 Å². The van der Waals surface area contributed by atoms with Crippen molar-refractivity contribution in [1.29, 1.82) is 0 Å². The fraction of sp³-hybridized carbons (Fsp3) is 0.562. The zero-order valence-corrected chi connectivity index (χ0v) is 14.7. The number of carbonyl (C=O) groups excluding carboxylic acids is 1. The van der Waals surface area contributed by atoms with E-state index in [-0.39, 0.29) is 5.02 Å². The van der Waals surface area contributed by atoms with Crippen LogP contribution in [0.15, 0.2) is 23.1 Å². The lowest BCUT2D eigenvalue weighted by molar-refractivity contribution is -0.124. The number of nitrogens with one attached hydrogen (secondary N) is 1. The highest BCUT2D eigenvalue weighted by atomic mass is 35.5. The van der Waals surface area contributed by atoms with Gasteiger partial charge in [0.2, 0.25) is 0 Å². The second kappa shape index (κ2) is 6.98. The SMILES string of the molecule is O=C(NS(=O)(=O)c1ccc(Cl)cc1F)[C@@H]1CCCN1C1CCCC1. The summed E-state index contributed by atoms with van der Waals surface area (Å²) in [4.78, 5) is 14.0. The molecule has 0 bridgehead atoms. The van der Waals surface area contributed by atoms with Crippen molar-refractivity contribution in [3.05, 3.63) is 29.0 Å². The summed E-state index contributed by atoms with van der Waals surface area (Å²) in [6.45, 7) is 0.804. The van der Waals surface area contributed by atoms with Gasteiger partial charge in [0.25, 0.3) is 15.9 Å². The van der Waals surface area contributed by atoms with Gasteiger partial charge in [0, 0.05) is 11.1 Å². The van der Waals surface area contributed by atoms with Crippen molar-refractivity contribution in [2.45, 2.75) is 55.5 Å². The van der Waals surface area contributed by atoms with Crippen molar-refractivity contribution < 1.29 is 17.6 Å². The standard InChI is InChI=1S/C16H20ClFN2O3S/c17-11-7-8-15(13(18)10-11)24(22,23)19-16(21)14-6-3-9-20(14)12-4-1-2-5-12/h7-8,10,12,14H,1-6,9H2,(H,19,21)/t14-/m0/s1. The highest BCUT2D eigenvalue weighted by molar-refractivity contribution is 7.90. The smallest absolute Gasteiger partial charge is 0.267 e. The number of benzene rings is 1. The van der Waals surface area contributed by atoms with Gasteiger partial charge >= 0.3 is 0 Å². The third-order valence-electron chi connectivity index (χ3n) is 4.81. The summed E-state index contributed by atoms with van der Waals surface area (Å²) < 4.78 is 40.6. The molecule has 2 aliphatic rings. The van der Waals surface area contributed by atoms with E-state index in [9.17, 15) is 17.6 Å². The maximum atomic E-state index is 13.9. The van der Waals surface area contributed by atoms with Gasteiger partial charge in [-0.2, -0.15) is 0 Å². The molecule has 2 fully saturated rings. The lowest BCUT2D eigenvalue weighted by Crippen LogP contribution is -2.48. The molecule has 1 heterocycles. The Balaban J connectivity index is 1.75. The van der Waals surface area contributed by atoms with Crippen molar-refractivity contribution in [1.82, 2.24) is 9.62 Å². The Morgan fingerprint density at radius 2 is 1.92 bits per heavy atom. The van der Waals surface area contributed by atoms with Gasteiger partial charge in [-0.25, -0.2) is 17.5 Å². The predicted molar refractivity (Wildman–Crippen MR) is 88.7 cm³/mol. The van der Waals surface area contributed by atoms with Gasteiger partial charge in [-0.1, -0.05) is 24.4 Å². The minimum absolute atomic E-state index is 0.0981. The molecular formula is C16H20ClFN2O3S. The highest BCUT2D eigenvalue weighted by Gasteiger charge is 2.38. The summed E-state index contributed by atoms with van der Waals surface area (Å²) in [6, 6.07) is 3.15. The van der Waals surface area contributed by atoms with Crippen LogP contribution in [0.1, 0.15) is 38.5 Å². The average molecular weight is 375 g/mol. The van der Waals surface area contributed by atoms with E-state index in [2.05, 4.69) is 4.90 Å². The topological polar surface area (TPSA) is 66.5 Å². The van der Waals surface area contributed by atoms with E-state index >= 15 is 0 Å². The summed E-state index contributed by atoms with van der Waals surface area (Å²) in [5, 5.41) is 0.0981. The van der Waals surface area contributed by atoms with E-state index in [1.54, 1.807) is 0 Å². The maximum Gasteiger partial charge on any atom is 0.267 e. The molecule has 1 saturated heterocycles. The van der Waals surface area contributed by atoms with Crippen LogP contribution in [0.2, 0.25) is 5.02 Å². The number of carbonyl (C=O) groups is 1. The third-order valence-corrected chi connectivity index (χ3v) is 6.42. The van der Waals surface area contributed by atoms with Crippen LogP contribution < -0.4 is 4.72 Å². The normalized spacial score (nSPS) is 22.8. The van der Waals surface area contributed by atoms with Crippen LogP contribution in [0.25, 0.3) is 0 Å². The first-order chi connectivity index (χ1) is 11.4. The molecule has 1 saturated carbocycles. The molecule has 1 amide bonds. The number of hydrogen-bond acceptors (Lipinski definition) is 4. The molecule has 1 aromatic rings. The molecule has 132 valence electrons. The van der Waals surface area contributed by atoms with E-state index in [1.165, 1.54) is 6.07 Å². The van der Waals surface area contributed by atoms with Crippen molar-refractivity contribution in [2.24, 2.45) is 0 Å². The predicted octanol–water partition coefficient (Wildman–Crippen LogP) is 2.69. The van der Waals surface area contributed by atoms with Crippen LogP contribution in [0.4, 0.5) is 4.39 Å². The fourth-order valence-corrected chi connectivity index (χ4v) is 4.92. The van der Waals surface area contributed by atoms with E-state index in [1.807, 2.05) is 4.72 Å². The third kappa shape index (κ3) is 3.58. The first-order valence-corrected chi connectivity index (χ1v) is 10.0. The number of amides is 1. The lowest BCUT2D eigenvalue weighted by Gasteiger charge is -2.29. The molecule has 3 rings (SSSR count). The first kappa shape index (κ1) is 17.6. The number of likely N-dealkylation sites (tertiary alicyclic amines) is 1. The number of hydrogen-bond donors (Lipinski definition) is 1.